The van der Waals surface area contributed by atoms with Crippen molar-refractivity contribution >= 4 is 34.2 Å². The van der Waals surface area contributed by atoms with Crippen LogP contribution in [0.2, 0.25) is 0 Å². The summed E-state index contributed by atoms with van der Waals surface area (Å²) in [7, 11) is 1.65. The minimum atomic E-state index is -0.606. The van der Waals surface area contributed by atoms with Crippen LogP contribution in [0.25, 0.3) is 0 Å². The molecule has 2 rings (SSSR count). The van der Waals surface area contributed by atoms with Crippen LogP contribution in [0, 0.1) is 13.8 Å². The number of carbonyl (C=O) groups is 3. The quantitative estimate of drug-likeness (QED) is 0.757. The maximum Gasteiger partial charge on any atom is 0.348 e. The van der Waals surface area contributed by atoms with E-state index in [1.54, 1.807) is 47.7 Å². The summed E-state index contributed by atoms with van der Waals surface area (Å²) < 4.78 is 11.8. The molecule has 0 aromatic carbocycles. The highest BCUT2D eigenvalue weighted by molar-refractivity contribution is 7.18. The molecule has 27 heavy (non-hydrogen) atoms. The van der Waals surface area contributed by atoms with Crippen molar-refractivity contribution in [3.63, 3.8) is 0 Å². The number of aryl methyl sites for hydroxylation is 2. The fraction of sp³-hybridized carbons (Fsp3) is 0.444. The number of anilines is 1. The minimum Gasteiger partial charge on any atom is -0.462 e. The highest BCUT2D eigenvalue weighted by atomic mass is 32.1. The van der Waals surface area contributed by atoms with Gasteiger partial charge >= 0.3 is 11.9 Å². The first-order chi connectivity index (χ1) is 12.6. The summed E-state index contributed by atoms with van der Waals surface area (Å²) in [6.45, 7) is 8.76. The summed E-state index contributed by atoms with van der Waals surface area (Å²) >= 11 is 0.988. The second kappa shape index (κ2) is 8.34. The standard InChI is InChI=1S/C18H23N3O5S/c1-7-25-18(24)14-11(5)13(17(23)26-9(2)3)16(27-14)19-15(22)12-8-10(4)20-21(12)6/h8-9H,7H2,1-6H3,(H,19,22). The maximum absolute atomic E-state index is 12.6. The number of esters is 2. The Morgan fingerprint density at radius 3 is 2.44 bits per heavy atom. The molecule has 1 amide bonds. The topological polar surface area (TPSA) is 99.5 Å². The van der Waals surface area contributed by atoms with Crippen LogP contribution in [0.15, 0.2) is 6.07 Å². The normalized spacial score (nSPS) is 10.8. The van der Waals surface area contributed by atoms with E-state index in [0.29, 0.717) is 17.0 Å². The van der Waals surface area contributed by atoms with Gasteiger partial charge in [0.1, 0.15) is 15.6 Å². The Morgan fingerprint density at radius 2 is 1.93 bits per heavy atom. The van der Waals surface area contributed by atoms with Gasteiger partial charge in [-0.3, -0.25) is 9.48 Å². The summed E-state index contributed by atoms with van der Waals surface area (Å²) in [4.78, 5) is 37.6. The van der Waals surface area contributed by atoms with Crippen LogP contribution in [0.4, 0.5) is 5.00 Å². The van der Waals surface area contributed by atoms with Gasteiger partial charge in [-0.25, -0.2) is 9.59 Å². The Bertz CT molecular complexity index is 882. The Balaban J connectivity index is 2.45. The predicted octanol–water partition coefficient (Wildman–Crippen LogP) is 3.09. The molecule has 0 radical (unpaired) electrons. The molecule has 0 aliphatic carbocycles. The molecule has 0 spiro atoms. The van der Waals surface area contributed by atoms with Gasteiger partial charge in [-0.1, -0.05) is 0 Å². The number of thiophene rings is 1. The zero-order chi connectivity index (χ0) is 20.3. The van der Waals surface area contributed by atoms with Gasteiger partial charge in [-0.15, -0.1) is 11.3 Å². The number of ether oxygens (including phenoxy) is 2. The SMILES string of the molecule is CCOC(=O)c1sc(NC(=O)c2cc(C)nn2C)c(C(=O)OC(C)C)c1C. The molecular weight excluding hydrogens is 370 g/mol. The summed E-state index contributed by atoms with van der Waals surface area (Å²) in [5.74, 6) is -1.59. The maximum atomic E-state index is 12.6. The first kappa shape index (κ1) is 20.6. The van der Waals surface area contributed by atoms with Gasteiger partial charge < -0.3 is 14.8 Å². The van der Waals surface area contributed by atoms with Gasteiger partial charge in [-0.2, -0.15) is 5.10 Å². The molecule has 8 nitrogen and oxygen atoms in total. The van der Waals surface area contributed by atoms with Crippen LogP contribution in [0.5, 0.6) is 0 Å². The number of aromatic nitrogens is 2. The number of amides is 1. The largest absolute Gasteiger partial charge is 0.462 e. The molecule has 2 aromatic heterocycles. The van der Waals surface area contributed by atoms with E-state index in [1.165, 1.54) is 4.68 Å². The van der Waals surface area contributed by atoms with Gasteiger partial charge in [-0.05, 0) is 46.2 Å². The molecule has 0 saturated heterocycles. The molecule has 0 atom stereocenters. The molecule has 0 saturated carbocycles. The lowest BCUT2D eigenvalue weighted by Crippen LogP contribution is -2.18. The summed E-state index contributed by atoms with van der Waals surface area (Å²) in [5.41, 5.74) is 1.60. The second-order valence-corrected chi connectivity index (χ2v) is 7.20. The molecule has 146 valence electrons. The lowest BCUT2D eigenvalue weighted by molar-refractivity contribution is 0.0379. The number of hydrogen-bond acceptors (Lipinski definition) is 7. The van der Waals surface area contributed by atoms with Crippen molar-refractivity contribution in [2.24, 2.45) is 7.05 Å². The number of nitrogens with zero attached hydrogens (tertiary/aromatic N) is 2. The van der Waals surface area contributed by atoms with Crippen LogP contribution in [0.1, 0.15) is 62.5 Å². The average molecular weight is 393 g/mol. The third-order valence-electron chi connectivity index (χ3n) is 3.62. The van der Waals surface area contributed by atoms with Gasteiger partial charge in [0, 0.05) is 7.05 Å². The van der Waals surface area contributed by atoms with Gasteiger partial charge in [0.15, 0.2) is 0 Å². The molecule has 9 heteroatoms. The Morgan fingerprint density at radius 1 is 1.26 bits per heavy atom. The highest BCUT2D eigenvalue weighted by Gasteiger charge is 2.28. The summed E-state index contributed by atoms with van der Waals surface area (Å²) in [6.07, 6.45) is -0.342. The monoisotopic (exact) mass is 393 g/mol. The van der Waals surface area contributed by atoms with Gasteiger partial charge in [0.05, 0.1) is 24.0 Å². The molecule has 1 N–H and O–H groups in total. The van der Waals surface area contributed by atoms with Crippen LogP contribution < -0.4 is 5.32 Å². The second-order valence-electron chi connectivity index (χ2n) is 6.18. The fourth-order valence-electron chi connectivity index (χ4n) is 2.50. The number of rotatable bonds is 6. The summed E-state index contributed by atoms with van der Waals surface area (Å²) in [5, 5.41) is 7.08. The smallest absolute Gasteiger partial charge is 0.348 e. The van der Waals surface area contributed by atoms with E-state index in [-0.39, 0.29) is 28.2 Å². The van der Waals surface area contributed by atoms with E-state index < -0.39 is 17.8 Å². The average Bonchev–Trinajstić information content (AvgIpc) is 3.06. The van der Waals surface area contributed by atoms with Crippen LogP contribution in [-0.4, -0.2) is 40.3 Å². The minimum absolute atomic E-state index is 0.156. The molecule has 2 aromatic rings. The third kappa shape index (κ3) is 4.54. The lowest BCUT2D eigenvalue weighted by atomic mass is 10.1. The molecule has 0 fully saturated rings. The first-order valence-corrected chi connectivity index (χ1v) is 9.30. The summed E-state index contributed by atoms with van der Waals surface area (Å²) in [6, 6.07) is 1.63. The van der Waals surface area contributed by atoms with Gasteiger partial charge in [0.25, 0.3) is 5.91 Å². The van der Waals surface area contributed by atoms with E-state index >= 15 is 0 Å². The molecule has 2 heterocycles. The molecular formula is C18H23N3O5S. The third-order valence-corrected chi connectivity index (χ3v) is 4.80. The Labute approximate surface area is 161 Å². The fourth-order valence-corrected chi connectivity index (χ4v) is 3.59. The van der Waals surface area contributed by atoms with Crippen molar-refractivity contribution in [3.8, 4) is 0 Å². The van der Waals surface area contributed by atoms with Crippen LogP contribution in [0.3, 0.4) is 0 Å². The van der Waals surface area contributed by atoms with E-state index in [4.69, 9.17) is 9.47 Å². The highest BCUT2D eigenvalue weighted by Crippen LogP contribution is 2.34. The van der Waals surface area contributed by atoms with Crippen LogP contribution >= 0.6 is 11.3 Å². The van der Waals surface area contributed by atoms with Crippen molar-refractivity contribution in [2.75, 3.05) is 11.9 Å². The number of hydrogen-bond donors (Lipinski definition) is 1. The van der Waals surface area contributed by atoms with Crippen LogP contribution in [-0.2, 0) is 16.5 Å². The lowest BCUT2D eigenvalue weighted by Gasteiger charge is -2.10. The molecule has 0 aliphatic heterocycles. The Kier molecular flexibility index (Phi) is 6.37. The van der Waals surface area contributed by atoms with E-state index in [1.807, 2.05) is 0 Å². The first-order valence-electron chi connectivity index (χ1n) is 8.49. The molecule has 0 bridgehead atoms. The molecule has 0 unspecified atom stereocenters. The number of carbonyl (C=O) groups excluding carboxylic acids is 3. The predicted molar refractivity (Wildman–Crippen MR) is 101 cm³/mol. The van der Waals surface area contributed by atoms with Crippen molar-refractivity contribution < 1.29 is 23.9 Å². The van der Waals surface area contributed by atoms with Crippen molar-refractivity contribution in [3.05, 3.63) is 33.5 Å². The van der Waals surface area contributed by atoms with Crippen molar-refractivity contribution in [1.29, 1.82) is 0 Å². The van der Waals surface area contributed by atoms with E-state index in [0.717, 1.165) is 11.3 Å². The zero-order valence-corrected chi connectivity index (χ0v) is 17.0. The van der Waals surface area contributed by atoms with Gasteiger partial charge in [0.2, 0.25) is 0 Å². The zero-order valence-electron chi connectivity index (χ0n) is 16.2. The van der Waals surface area contributed by atoms with E-state index in [9.17, 15) is 14.4 Å². The van der Waals surface area contributed by atoms with Crippen molar-refractivity contribution in [1.82, 2.24) is 9.78 Å². The van der Waals surface area contributed by atoms with Crippen molar-refractivity contribution in [2.45, 2.75) is 40.7 Å². The van der Waals surface area contributed by atoms with E-state index in [2.05, 4.69) is 10.4 Å². The Hall–Kier alpha value is -2.68. The number of nitrogens with one attached hydrogen (secondary N) is 1. The molecule has 0 aliphatic rings.